The molecule has 2 aliphatic rings. The molecule has 0 saturated carbocycles. The van der Waals surface area contributed by atoms with Crippen molar-refractivity contribution in [1.82, 2.24) is 5.32 Å². The molecule has 0 amide bonds. The fourth-order valence-corrected chi connectivity index (χ4v) is 4.98. The highest BCUT2D eigenvalue weighted by atomic mass is 32.3. The molecule has 3 atom stereocenters. The van der Waals surface area contributed by atoms with Gasteiger partial charge in [-0.25, -0.2) is 0 Å². The highest BCUT2D eigenvalue weighted by Crippen LogP contribution is 2.32. The maximum Gasteiger partial charge on any atom is 0.218 e. The van der Waals surface area contributed by atoms with Crippen molar-refractivity contribution in [1.29, 1.82) is 0 Å². The topological polar surface area (TPSA) is 61.8 Å². The Morgan fingerprint density at radius 2 is 2.11 bits per heavy atom. The molecule has 0 spiro atoms. The molecule has 0 bridgehead atoms. The van der Waals surface area contributed by atoms with E-state index in [1.165, 1.54) is 0 Å². The van der Waals surface area contributed by atoms with Gasteiger partial charge >= 0.3 is 0 Å². The van der Waals surface area contributed by atoms with Crippen LogP contribution in [0.25, 0.3) is 0 Å². The predicted octanol–water partition coefficient (Wildman–Crippen LogP) is 1.11. The lowest BCUT2D eigenvalue weighted by atomic mass is 10.1. The van der Waals surface area contributed by atoms with E-state index in [-0.39, 0.29) is 23.6 Å². The molecule has 0 aromatic heterocycles. The maximum absolute atomic E-state index is 11.8. The van der Waals surface area contributed by atoms with Crippen LogP contribution in [0.3, 0.4) is 0 Å². The van der Waals surface area contributed by atoms with Crippen LogP contribution in [0, 0.1) is 0 Å². The number of rotatable bonds is 2. The smallest absolute Gasteiger partial charge is 0.218 e. The Labute approximate surface area is 118 Å². The molecular formula is C12H15N2O3S2+. The van der Waals surface area contributed by atoms with Gasteiger partial charge < -0.3 is 15.0 Å². The summed E-state index contributed by atoms with van der Waals surface area (Å²) in [4.78, 5) is 1.93. The fourth-order valence-electron chi connectivity index (χ4n) is 2.67. The molecule has 1 unspecified atom stereocenters. The molecule has 5 nitrogen and oxygen atoms in total. The molecule has 2 heterocycles. The standard InChI is InChI=1S/C12H14N2O3S2/c1-17-9-4-2-8(3-5-9)14-11-7-19(15,16)6-10(11)13-12(14)18/h2-5,10-11H,6-7H2,1H3,(H-,13,15,16,18)/p+1/t10-,11-/m1/s1. The van der Waals surface area contributed by atoms with Gasteiger partial charge in [-0.1, -0.05) is 4.21 Å². The molecule has 2 fully saturated rings. The predicted molar refractivity (Wildman–Crippen MR) is 79.2 cm³/mol. The SMILES string of the molecule is COc1ccc(N2C(=S)N[C@@H]3C[S+](=O)(O)C[C@H]32)cc1. The van der Waals surface area contributed by atoms with E-state index in [9.17, 15) is 8.76 Å². The Kier molecular flexibility index (Phi) is 2.99. The fraction of sp³-hybridized carbons (Fsp3) is 0.417. The van der Waals surface area contributed by atoms with Gasteiger partial charge in [0.25, 0.3) is 0 Å². The second-order valence-corrected chi connectivity index (χ2v) is 7.40. The van der Waals surface area contributed by atoms with Crippen molar-refractivity contribution in [2.75, 3.05) is 23.5 Å². The normalized spacial score (nSPS) is 33.2. The van der Waals surface area contributed by atoms with Crippen LogP contribution in [0.4, 0.5) is 5.69 Å². The molecule has 1 aromatic rings. The molecule has 0 aliphatic carbocycles. The molecule has 2 saturated heterocycles. The Morgan fingerprint density at radius 3 is 2.74 bits per heavy atom. The summed E-state index contributed by atoms with van der Waals surface area (Å²) >= 11 is 5.32. The van der Waals surface area contributed by atoms with Crippen molar-refractivity contribution >= 4 is 33.2 Å². The van der Waals surface area contributed by atoms with Gasteiger partial charge in [-0.15, -0.1) is 0 Å². The van der Waals surface area contributed by atoms with E-state index >= 15 is 0 Å². The van der Waals surface area contributed by atoms with Gasteiger partial charge in [0, 0.05) is 5.69 Å². The van der Waals surface area contributed by atoms with Crippen molar-refractivity contribution < 1.29 is 13.5 Å². The number of thiocarbonyl (C=S) groups is 1. The molecule has 3 rings (SSSR count). The number of nitrogens with one attached hydrogen (secondary N) is 1. The maximum atomic E-state index is 11.8. The summed E-state index contributed by atoms with van der Waals surface area (Å²) in [6, 6.07) is 7.46. The molecule has 0 radical (unpaired) electrons. The van der Waals surface area contributed by atoms with Crippen LogP contribution in [0.5, 0.6) is 5.75 Å². The molecule has 2 aliphatic heterocycles. The summed E-state index contributed by atoms with van der Waals surface area (Å²) in [6.45, 7) is 0. The Bertz CT molecular complexity index is 561. The Balaban J connectivity index is 1.90. The Morgan fingerprint density at radius 1 is 1.42 bits per heavy atom. The summed E-state index contributed by atoms with van der Waals surface area (Å²) in [5.74, 6) is 1.30. The molecule has 102 valence electrons. The van der Waals surface area contributed by atoms with Crippen molar-refractivity contribution in [2.45, 2.75) is 12.1 Å². The molecule has 2 N–H and O–H groups in total. The van der Waals surface area contributed by atoms with E-state index in [4.69, 9.17) is 17.0 Å². The lowest BCUT2D eigenvalue weighted by Crippen LogP contribution is -2.37. The van der Waals surface area contributed by atoms with Crippen LogP contribution < -0.4 is 15.0 Å². The Hall–Kier alpha value is -1.18. The quantitative estimate of drug-likeness (QED) is 0.630. The second kappa shape index (κ2) is 4.43. The third-order valence-electron chi connectivity index (χ3n) is 3.55. The summed E-state index contributed by atoms with van der Waals surface area (Å²) in [5.41, 5.74) is 0.919. The highest BCUT2D eigenvalue weighted by molar-refractivity contribution is 7.98. The lowest BCUT2D eigenvalue weighted by molar-refractivity contribution is 0.415. The molecule has 7 heteroatoms. The zero-order valence-electron chi connectivity index (χ0n) is 10.4. The van der Waals surface area contributed by atoms with E-state index in [0.717, 1.165) is 11.4 Å². The summed E-state index contributed by atoms with van der Waals surface area (Å²) in [5, 5.41) is 3.76. The van der Waals surface area contributed by atoms with Crippen molar-refractivity contribution in [2.24, 2.45) is 0 Å². The van der Waals surface area contributed by atoms with Gasteiger partial charge in [-0.3, -0.25) is 0 Å². The van der Waals surface area contributed by atoms with E-state index in [0.29, 0.717) is 5.11 Å². The van der Waals surface area contributed by atoms with E-state index < -0.39 is 10.2 Å². The number of ether oxygens (including phenoxy) is 1. The number of hydrogen-bond donors (Lipinski definition) is 2. The van der Waals surface area contributed by atoms with Gasteiger partial charge in [-0.05, 0) is 36.5 Å². The number of hydrogen-bond acceptors (Lipinski definition) is 3. The van der Waals surface area contributed by atoms with Gasteiger partial charge in [0.05, 0.1) is 7.11 Å². The third kappa shape index (κ3) is 2.22. The van der Waals surface area contributed by atoms with Crippen LogP contribution in [-0.2, 0) is 14.4 Å². The van der Waals surface area contributed by atoms with Crippen molar-refractivity contribution in [3.8, 4) is 5.75 Å². The van der Waals surface area contributed by atoms with Crippen LogP contribution in [-0.4, -0.2) is 40.4 Å². The number of fused-ring (bicyclic) bond motifs is 1. The van der Waals surface area contributed by atoms with Gasteiger partial charge in [0.1, 0.15) is 17.8 Å². The van der Waals surface area contributed by atoms with Gasteiger partial charge in [0.2, 0.25) is 10.2 Å². The van der Waals surface area contributed by atoms with Gasteiger partial charge in [0.15, 0.2) is 16.6 Å². The second-order valence-electron chi connectivity index (χ2n) is 4.80. The average Bonchev–Trinajstić information content (AvgIpc) is 2.79. The molecule has 1 aromatic carbocycles. The largest absolute Gasteiger partial charge is 0.497 e. The van der Waals surface area contributed by atoms with E-state index in [1.54, 1.807) is 7.11 Å². The summed E-state index contributed by atoms with van der Waals surface area (Å²) in [7, 11) is -1.11. The van der Waals surface area contributed by atoms with Crippen LogP contribution in [0.15, 0.2) is 24.3 Å². The van der Waals surface area contributed by atoms with Crippen LogP contribution >= 0.6 is 12.2 Å². The zero-order valence-corrected chi connectivity index (χ0v) is 12.0. The van der Waals surface area contributed by atoms with E-state index in [1.807, 2.05) is 29.2 Å². The summed E-state index contributed by atoms with van der Waals surface area (Å²) < 4.78 is 26.7. The number of anilines is 1. The van der Waals surface area contributed by atoms with E-state index in [2.05, 4.69) is 5.32 Å². The first kappa shape index (κ1) is 12.8. The minimum Gasteiger partial charge on any atom is -0.497 e. The number of benzene rings is 1. The molecule has 19 heavy (non-hydrogen) atoms. The highest BCUT2D eigenvalue weighted by Gasteiger charge is 2.54. The first-order valence-corrected chi connectivity index (χ1v) is 8.22. The number of nitrogens with zero attached hydrogens (tertiary/aromatic N) is 1. The molecular weight excluding hydrogens is 284 g/mol. The van der Waals surface area contributed by atoms with Crippen molar-refractivity contribution in [3.05, 3.63) is 24.3 Å². The van der Waals surface area contributed by atoms with Crippen LogP contribution in [0.2, 0.25) is 0 Å². The minimum absolute atomic E-state index is 0.0351. The zero-order chi connectivity index (χ0) is 13.6. The lowest BCUT2D eigenvalue weighted by Gasteiger charge is -2.22. The summed E-state index contributed by atoms with van der Waals surface area (Å²) in [6.07, 6.45) is 0. The first-order chi connectivity index (χ1) is 9.00. The first-order valence-electron chi connectivity index (χ1n) is 5.96. The number of methoxy groups -OCH3 is 1. The monoisotopic (exact) mass is 299 g/mol. The van der Waals surface area contributed by atoms with Crippen LogP contribution in [0.1, 0.15) is 0 Å². The minimum atomic E-state index is -2.72. The van der Waals surface area contributed by atoms with Crippen molar-refractivity contribution in [3.63, 3.8) is 0 Å². The third-order valence-corrected chi connectivity index (χ3v) is 5.60. The average molecular weight is 299 g/mol. The van der Waals surface area contributed by atoms with Gasteiger partial charge in [-0.2, -0.15) is 4.55 Å².